The number of Topliss-reactive ketones (excluding diaryl/α,β-unsaturated/α-hetero) is 1. The van der Waals surface area contributed by atoms with Crippen molar-refractivity contribution in [3.63, 3.8) is 0 Å². The van der Waals surface area contributed by atoms with Crippen molar-refractivity contribution in [1.82, 2.24) is 9.55 Å². The zero-order chi connectivity index (χ0) is 11.5. The summed E-state index contributed by atoms with van der Waals surface area (Å²) >= 11 is 1.41. The largest absolute Gasteiger partial charge is 0.332 e. The number of carbonyl (C=O) groups excluding carboxylic acids is 1. The fourth-order valence-corrected chi connectivity index (χ4v) is 2.21. The average Bonchev–Trinajstić information content (AvgIpc) is 2.90. The molecule has 4 nitrogen and oxygen atoms in total. The van der Waals surface area contributed by atoms with E-state index in [9.17, 15) is 4.79 Å². The van der Waals surface area contributed by atoms with E-state index in [0.717, 1.165) is 4.88 Å². The van der Waals surface area contributed by atoms with Gasteiger partial charge in [0, 0.05) is 24.3 Å². The molecule has 0 fully saturated rings. The quantitative estimate of drug-likeness (QED) is 0.759. The van der Waals surface area contributed by atoms with Gasteiger partial charge in [-0.15, -0.1) is 11.3 Å². The van der Waals surface area contributed by atoms with E-state index in [1.807, 2.05) is 17.5 Å². The highest BCUT2D eigenvalue weighted by Gasteiger charge is 2.25. The molecule has 2 aromatic rings. The van der Waals surface area contributed by atoms with Gasteiger partial charge in [-0.1, -0.05) is 6.07 Å². The van der Waals surface area contributed by atoms with Crippen LogP contribution >= 0.6 is 11.3 Å². The van der Waals surface area contributed by atoms with Gasteiger partial charge in [0.1, 0.15) is 5.92 Å². The number of rotatable bonds is 3. The lowest BCUT2D eigenvalue weighted by Gasteiger charge is -2.05. The molecule has 2 rings (SSSR count). The van der Waals surface area contributed by atoms with Crippen molar-refractivity contribution in [2.75, 3.05) is 0 Å². The van der Waals surface area contributed by atoms with Crippen molar-refractivity contribution in [2.45, 2.75) is 5.92 Å². The lowest BCUT2D eigenvalue weighted by molar-refractivity contribution is 0.0967. The molecular weight excluding hydrogens is 222 g/mol. The second kappa shape index (κ2) is 4.29. The van der Waals surface area contributed by atoms with Crippen molar-refractivity contribution in [2.24, 2.45) is 7.05 Å². The number of hydrogen-bond donors (Lipinski definition) is 0. The van der Waals surface area contributed by atoms with E-state index in [1.165, 1.54) is 11.3 Å². The molecule has 0 aromatic carbocycles. The van der Waals surface area contributed by atoms with E-state index in [1.54, 1.807) is 30.1 Å². The van der Waals surface area contributed by atoms with Gasteiger partial charge >= 0.3 is 0 Å². The van der Waals surface area contributed by atoms with Gasteiger partial charge in [-0.25, -0.2) is 4.98 Å². The summed E-state index contributed by atoms with van der Waals surface area (Å²) in [5.74, 6) is -0.682. The maximum atomic E-state index is 12.1. The van der Waals surface area contributed by atoms with Crippen LogP contribution in [0.15, 0.2) is 29.9 Å². The van der Waals surface area contributed by atoms with Crippen molar-refractivity contribution in [3.05, 3.63) is 40.6 Å². The average molecular weight is 231 g/mol. The van der Waals surface area contributed by atoms with Gasteiger partial charge in [0.05, 0.1) is 6.07 Å². The molecule has 0 bridgehead atoms. The van der Waals surface area contributed by atoms with Gasteiger partial charge in [0.2, 0.25) is 5.78 Å². The van der Waals surface area contributed by atoms with Crippen molar-refractivity contribution < 1.29 is 4.79 Å². The first-order valence-corrected chi connectivity index (χ1v) is 5.56. The Labute approximate surface area is 96.8 Å². The van der Waals surface area contributed by atoms with E-state index < -0.39 is 5.92 Å². The van der Waals surface area contributed by atoms with Gasteiger partial charge in [0.15, 0.2) is 5.82 Å². The van der Waals surface area contributed by atoms with Gasteiger partial charge in [-0.05, 0) is 11.4 Å². The Morgan fingerprint density at radius 1 is 1.69 bits per heavy atom. The number of carbonyl (C=O) groups is 1. The Bertz CT molecular complexity index is 536. The lowest BCUT2D eigenvalue weighted by Crippen LogP contribution is -2.14. The lowest BCUT2D eigenvalue weighted by atomic mass is 10.0. The van der Waals surface area contributed by atoms with Gasteiger partial charge in [0.25, 0.3) is 0 Å². The van der Waals surface area contributed by atoms with E-state index in [4.69, 9.17) is 5.26 Å². The van der Waals surface area contributed by atoms with Crippen molar-refractivity contribution in [3.8, 4) is 6.07 Å². The summed E-state index contributed by atoms with van der Waals surface area (Å²) in [5.41, 5.74) is 0. The first-order valence-electron chi connectivity index (χ1n) is 4.68. The molecule has 80 valence electrons. The molecule has 0 aliphatic rings. The summed E-state index contributed by atoms with van der Waals surface area (Å²) in [6, 6.07) is 5.65. The Hall–Kier alpha value is -1.93. The number of aromatic nitrogens is 2. The number of hydrogen-bond acceptors (Lipinski definition) is 4. The van der Waals surface area contributed by atoms with Crippen LogP contribution in [0.25, 0.3) is 0 Å². The summed E-state index contributed by atoms with van der Waals surface area (Å²) < 4.78 is 1.63. The van der Waals surface area contributed by atoms with Crippen LogP contribution in [0.5, 0.6) is 0 Å². The first-order chi connectivity index (χ1) is 7.74. The van der Waals surface area contributed by atoms with Crippen LogP contribution in [-0.2, 0) is 7.05 Å². The van der Waals surface area contributed by atoms with E-state index in [2.05, 4.69) is 4.98 Å². The molecule has 1 atom stereocenters. The van der Waals surface area contributed by atoms with Gasteiger partial charge in [-0.2, -0.15) is 5.26 Å². The van der Waals surface area contributed by atoms with Crippen molar-refractivity contribution >= 4 is 17.1 Å². The van der Waals surface area contributed by atoms with Crippen LogP contribution in [-0.4, -0.2) is 15.3 Å². The SMILES string of the molecule is Cn1ccnc1C(=O)C(C#N)c1cccs1. The third-order valence-electron chi connectivity index (χ3n) is 2.26. The highest BCUT2D eigenvalue weighted by Crippen LogP contribution is 2.23. The third kappa shape index (κ3) is 1.75. The zero-order valence-electron chi connectivity index (χ0n) is 8.62. The Balaban J connectivity index is 2.35. The van der Waals surface area contributed by atoms with E-state index >= 15 is 0 Å². The Kier molecular flexibility index (Phi) is 2.84. The van der Waals surface area contributed by atoms with Crippen LogP contribution in [0.2, 0.25) is 0 Å². The minimum absolute atomic E-state index is 0.252. The predicted molar refractivity (Wildman–Crippen MR) is 60.2 cm³/mol. The molecule has 0 saturated heterocycles. The van der Waals surface area contributed by atoms with Crippen LogP contribution in [0.1, 0.15) is 21.4 Å². The first kappa shape index (κ1) is 10.6. The molecule has 0 saturated carbocycles. The number of nitriles is 1. The molecule has 0 spiro atoms. The summed E-state index contributed by atoms with van der Waals surface area (Å²) in [4.78, 5) is 16.8. The maximum Gasteiger partial charge on any atom is 0.220 e. The molecule has 0 aliphatic heterocycles. The minimum atomic E-state index is -0.749. The fourth-order valence-electron chi connectivity index (χ4n) is 1.44. The number of aryl methyl sites for hydroxylation is 1. The molecule has 0 N–H and O–H groups in total. The molecule has 1 unspecified atom stereocenters. The zero-order valence-corrected chi connectivity index (χ0v) is 9.44. The third-order valence-corrected chi connectivity index (χ3v) is 3.20. The molecular formula is C11H9N3OS. The minimum Gasteiger partial charge on any atom is -0.332 e. The van der Waals surface area contributed by atoms with Crippen LogP contribution in [0.3, 0.4) is 0 Å². The molecule has 0 amide bonds. The molecule has 16 heavy (non-hydrogen) atoms. The van der Waals surface area contributed by atoms with Crippen LogP contribution < -0.4 is 0 Å². The smallest absolute Gasteiger partial charge is 0.220 e. The summed E-state index contributed by atoms with van der Waals surface area (Å²) in [5, 5.41) is 10.9. The number of imidazole rings is 1. The van der Waals surface area contributed by atoms with Gasteiger partial charge < -0.3 is 4.57 Å². The number of ketones is 1. The second-order valence-corrected chi connectivity index (χ2v) is 4.28. The van der Waals surface area contributed by atoms with E-state index in [-0.39, 0.29) is 5.78 Å². The molecule has 5 heteroatoms. The topological polar surface area (TPSA) is 58.7 Å². The summed E-state index contributed by atoms with van der Waals surface area (Å²) in [6.07, 6.45) is 3.24. The number of thiophene rings is 1. The molecule has 0 aliphatic carbocycles. The van der Waals surface area contributed by atoms with Crippen molar-refractivity contribution in [1.29, 1.82) is 5.26 Å². The molecule has 2 aromatic heterocycles. The highest BCUT2D eigenvalue weighted by molar-refractivity contribution is 7.10. The molecule has 0 radical (unpaired) electrons. The fraction of sp³-hybridized carbons (Fsp3) is 0.182. The van der Waals surface area contributed by atoms with Crippen LogP contribution in [0, 0.1) is 11.3 Å². The summed E-state index contributed by atoms with van der Waals surface area (Å²) in [6.45, 7) is 0. The van der Waals surface area contributed by atoms with E-state index in [0.29, 0.717) is 5.82 Å². The Morgan fingerprint density at radius 2 is 2.50 bits per heavy atom. The normalized spacial score (nSPS) is 12.0. The monoisotopic (exact) mass is 231 g/mol. The second-order valence-electron chi connectivity index (χ2n) is 3.30. The standard InChI is InChI=1S/C11H9N3OS/c1-14-5-4-13-11(14)10(15)8(7-12)9-3-2-6-16-9/h2-6,8H,1H3. The van der Waals surface area contributed by atoms with Gasteiger partial charge in [-0.3, -0.25) is 4.79 Å². The predicted octanol–water partition coefficient (Wildman–Crippen LogP) is 1.97. The van der Waals surface area contributed by atoms with Crippen LogP contribution in [0.4, 0.5) is 0 Å². The Morgan fingerprint density at radius 3 is 3.00 bits per heavy atom. The number of nitrogens with zero attached hydrogens (tertiary/aromatic N) is 3. The highest BCUT2D eigenvalue weighted by atomic mass is 32.1. The maximum absolute atomic E-state index is 12.1. The molecule has 2 heterocycles. The summed E-state index contributed by atoms with van der Waals surface area (Å²) in [7, 11) is 1.74.